The van der Waals surface area contributed by atoms with E-state index in [0.29, 0.717) is 0 Å². The number of fused-ring (bicyclic) bond motifs is 10. The first-order valence-corrected chi connectivity index (χ1v) is 16.9. The summed E-state index contributed by atoms with van der Waals surface area (Å²) in [6.45, 7) is 0. The van der Waals surface area contributed by atoms with Crippen LogP contribution >= 0.6 is 0 Å². The molecule has 8 aromatic rings. The topological polar surface area (TPSA) is 12.5 Å². The van der Waals surface area contributed by atoms with Gasteiger partial charge in [0.15, 0.2) is 0 Å². The first-order chi connectivity index (χ1) is 24.3. The van der Waals surface area contributed by atoms with Gasteiger partial charge in [0, 0.05) is 22.2 Å². The molecule has 2 heterocycles. The molecule has 0 saturated heterocycles. The van der Waals surface area contributed by atoms with Crippen LogP contribution in [0, 0.1) is 0 Å². The van der Waals surface area contributed by atoms with Gasteiger partial charge in [0.05, 0.1) is 16.8 Å². The number of anilines is 3. The van der Waals surface area contributed by atoms with Crippen molar-refractivity contribution in [2.45, 2.75) is 5.41 Å². The van der Waals surface area contributed by atoms with Crippen LogP contribution in [0.15, 0.2) is 188 Å². The van der Waals surface area contributed by atoms with Gasteiger partial charge in [-0.25, -0.2) is 0 Å². The Morgan fingerprint density at radius 3 is 1.63 bits per heavy atom. The highest BCUT2D eigenvalue weighted by Gasteiger charge is 2.51. The highest BCUT2D eigenvalue weighted by Crippen LogP contribution is 2.64. The molecule has 0 saturated carbocycles. The van der Waals surface area contributed by atoms with Crippen LogP contribution in [0.4, 0.5) is 17.1 Å². The first-order valence-electron chi connectivity index (χ1n) is 16.9. The zero-order valence-corrected chi connectivity index (χ0v) is 26.8. The molecule has 0 fully saturated rings. The average molecular weight is 626 g/mol. The van der Waals surface area contributed by atoms with E-state index in [4.69, 9.17) is 4.74 Å². The van der Waals surface area contributed by atoms with Crippen LogP contribution in [-0.2, 0) is 5.41 Å². The Bertz CT molecular complexity index is 2470. The van der Waals surface area contributed by atoms with Crippen LogP contribution in [0.2, 0.25) is 0 Å². The van der Waals surface area contributed by atoms with E-state index < -0.39 is 5.41 Å². The lowest BCUT2D eigenvalue weighted by Gasteiger charge is -2.49. The second kappa shape index (κ2) is 10.8. The van der Waals surface area contributed by atoms with Crippen molar-refractivity contribution in [1.29, 1.82) is 0 Å². The molecule has 0 atom stereocenters. The maximum Gasteiger partial charge on any atom is 0.132 e. The van der Waals surface area contributed by atoms with E-state index in [1.165, 1.54) is 49.8 Å². The number of para-hydroxylation sites is 2. The van der Waals surface area contributed by atoms with Crippen molar-refractivity contribution in [1.82, 2.24) is 0 Å². The SMILES string of the molecule is c1ccc(-c2ccc(N3c4ccc(-c5ccccc5)cc4C4(c5ccccc5Oc5ccccc54)c4ccc5ccccc5c43)cc2)cc1. The summed E-state index contributed by atoms with van der Waals surface area (Å²) in [5, 5.41) is 2.42. The molecule has 0 radical (unpaired) electrons. The zero-order valence-electron chi connectivity index (χ0n) is 26.8. The Morgan fingerprint density at radius 2 is 0.939 bits per heavy atom. The zero-order chi connectivity index (χ0) is 32.4. The highest BCUT2D eigenvalue weighted by atomic mass is 16.5. The molecule has 2 heteroatoms. The predicted octanol–water partition coefficient (Wildman–Crippen LogP) is 12.4. The average Bonchev–Trinajstić information content (AvgIpc) is 3.18. The second-order valence-electron chi connectivity index (χ2n) is 12.9. The lowest BCUT2D eigenvalue weighted by Crippen LogP contribution is -2.39. The van der Waals surface area contributed by atoms with E-state index in [1.807, 2.05) is 0 Å². The molecular formula is C47H31NO. The Balaban J connectivity index is 1.34. The van der Waals surface area contributed by atoms with Crippen molar-refractivity contribution in [3.05, 3.63) is 210 Å². The summed E-state index contributed by atoms with van der Waals surface area (Å²) >= 11 is 0. The Labute approximate surface area is 286 Å². The molecule has 0 N–H and O–H groups in total. The molecule has 0 aromatic heterocycles. The first kappa shape index (κ1) is 27.7. The van der Waals surface area contributed by atoms with Crippen molar-refractivity contribution >= 4 is 27.8 Å². The third kappa shape index (κ3) is 4.07. The van der Waals surface area contributed by atoms with Gasteiger partial charge >= 0.3 is 0 Å². The minimum Gasteiger partial charge on any atom is -0.457 e. The predicted molar refractivity (Wildman–Crippen MR) is 201 cm³/mol. The Morgan fingerprint density at radius 1 is 0.388 bits per heavy atom. The van der Waals surface area contributed by atoms with Gasteiger partial charge in [-0.2, -0.15) is 0 Å². The number of ether oxygens (including phenoxy) is 1. The largest absolute Gasteiger partial charge is 0.457 e. The normalized spacial score (nSPS) is 13.6. The van der Waals surface area contributed by atoms with Gasteiger partial charge in [-0.15, -0.1) is 0 Å². The number of rotatable bonds is 3. The minimum atomic E-state index is -0.634. The number of benzene rings is 8. The molecule has 2 nitrogen and oxygen atoms in total. The number of hydrogen-bond donors (Lipinski definition) is 0. The van der Waals surface area contributed by atoms with Gasteiger partial charge < -0.3 is 9.64 Å². The molecule has 0 aliphatic carbocycles. The molecule has 1 spiro atoms. The summed E-state index contributed by atoms with van der Waals surface area (Å²) in [7, 11) is 0. The maximum absolute atomic E-state index is 6.69. The van der Waals surface area contributed by atoms with Crippen molar-refractivity contribution in [3.8, 4) is 33.8 Å². The van der Waals surface area contributed by atoms with Gasteiger partial charge in [0.2, 0.25) is 0 Å². The molecule has 2 aliphatic rings. The van der Waals surface area contributed by atoms with Crippen molar-refractivity contribution < 1.29 is 4.74 Å². The standard InChI is InChI=1S/C47H31NO/c1-3-13-32(14-4-1)34-23-27-37(28-24-34)48-43-30-26-36(33-15-5-2-6-16-33)31-42(43)47(41-29-25-35-17-7-8-18-38(35)46(41)48)39-19-9-11-21-44(39)49-45-22-12-10-20-40(45)47/h1-31H. The fourth-order valence-corrected chi connectivity index (χ4v) is 8.18. The van der Waals surface area contributed by atoms with Crippen LogP contribution in [0.5, 0.6) is 11.5 Å². The van der Waals surface area contributed by atoms with Crippen LogP contribution < -0.4 is 9.64 Å². The molecule has 2 aliphatic heterocycles. The summed E-state index contributed by atoms with van der Waals surface area (Å²) in [4.78, 5) is 2.49. The van der Waals surface area contributed by atoms with Crippen LogP contribution in [0.25, 0.3) is 33.0 Å². The van der Waals surface area contributed by atoms with Crippen LogP contribution in [-0.4, -0.2) is 0 Å². The summed E-state index contributed by atoms with van der Waals surface area (Å²) in [6.07, 6.45) is 0. The highest BCUT2D eigenvalue weighted by molar-refractivity contribution is 6.05. The van der Waals surface area contributed by atoms with Gasteiger partial charge in [-0.1, -0.05) is 152 Å². The van der Waals surface area contributed by atoms with Crippen molar-refractivity contribution in [2.75, 3.05) is 4.90 Å². The van der Waals surface area contributed by atoms with E-state index in [-0.39, 0.29) is 0 Å². The number of hydrogen-bond acceptors (Lipinski definition) is 2. The smallest absolute Gasteiger partial charge is 0.132 e. The lowest BCUT2D eigenvalue weighted by atomic mass is 9.60. The molecule has 49 heavy (non-hydrogen) atoms. The Hall–Kier alpha value is -6.38. The maximum atomic E-state index is 6.69. The van der Waals surface area contributed by atoms with Crippen molar-refractivity contribution in [3.63, 3.8) is 0 Å². The van der Waals surface area contributed by atoms with Gasteiger partial charge in [-0.05, 0) is 75.2 Å². The molecule has 0 bridgehead atoms. The summed E-state index contributed by atoms with van der Waals surface area (Å²) in [6, 6.07) is 68.0. The molecule has 230 valence electrons. The lowest BCUT2D eigenvalue weighted by molar-refractivity contribution is 0.434. The quantitative estimate of drug-likeness (QED) is 0.194. The minimum absolute atomic E-state index is 0.634. The summed E-state index contributed by atoms with van der Waals surface area (Å²) in [5.74, 6) is 1.77. The van der Waals surface area contributed by atoms with Crippen LogP contribution in [0.3, 0.4) is 0 Å². The van der Waals surface area contributed by atoms with E-state index in [2.05, 4.69) is 193 Å². The summed E-state index contributed by atoms with van der Waals surface area (Å²) < 4.78 is 6.69. The van der Waals surface area contributed by atoms with E-state index >= 15 is 0 Å². The van der Waals surface area contributed by atoms with Crippen LogP contribution in [0.1, 0.15) is 22.3 Å². The van der Waals surface area contributed by atoms with Gasteiger partial charge in [0.25, 0.3) is 0 Å². The third-order valence-electron chi connectivity index (χ3n) is 10.3. The molecule has 10 rings (SSSR count). The molecular weight excluding hydrogens is 595 g/mol. The van der Waals surface area contributed by atoms with Gasteiger partial charge in [-0.3, -0.25) is 0 Å². The molecule has 8 aromatic carbocycles. The summed E-state index contributed by atoms with van der Waals surface area (Å²) in [5.41, 5.74) is 12.4. The van der Waals surface area contributed by atoms with E-state index in [9.17, 15) is 0 Å². The van der Waals surface area contributed by atoms with Gasteiger partial charge in [0.1, 0.15) is 11.5 Å². The van der Waals surface area contributed by atoms with Crippen molar-refractivity contribution in [2.24, 2.45) is 0 Å². The fraction of sp³-hybridized carbons (Fsp3) is 0.0213. The second-order valence-corrected chi connectivity index (χ2v) is 12.9. The Kier molecular flexibility index (Phi) is 6.13. The number of nitrogens with zero attached hydrogens (tertiary/aromatic N) is 1. The molecule has 0 unspecified atom stereocenters. The van der Waals surface area contributed by atoms with E-state index in [0.717, 1.165) is 34.0 Å². The monoisotopic (exact) mass is 625 g/mol. The van der Waals surface area contributed by atoms with E-state index in [1.54, 1.807) is 0 Å². The third-order valence-corrected chi connectivity index (χ3v) is 10.3. The molecule has 0 amide bonds. The fourth-order valence-electron chi connectivity index (χ4n) is 8.18.